The monoisotopic (exact) mass is 395 g/mol. The van der Waals surface area contributed by atoms with Crippen molar-refractivity contribution < 1.29 is 14.3 Å². The van der Waals surface area contributed by atoms with Crippen LogP contribution in [-0.4, -0.2) is 11.0 Å². The van der Waals surface area contributed by atoms with E-state index in [1.165, 1.54) is 12.1 Å². The van der Waals surface area contributed by atoms with E-state index in [1.54, 1.807) is 29.2 Å². The Hall–Kier alpha value is -2.69. The highest BCUT2D eigenvalue weighted by Crippen LogP contribution is 2.43. The molecule has 1 aliphatic heterocycles. The highest BCUT2D eigenvalue weighted by Gasteiger charge is 2.49. The minimum absolute atomic E-state index is 0.216. The second kappa shape index (κ2) is 7.38. The number of carbonyl (C=O) groups is 1. The number of benzene rings is 3. The number of aryl methyl sites for hydroxylation is 1. The molecule has 28 heavy (non-hydrogen) atoms. The normalized spacial score (nSPS) is 18.4. The van der Waals surface area contributed by atoms with E-state index in [9.17, 15) is 14.3 Å². The average molecular weight is 396 g/mol. The van der Waals surface area contributed by atoms with Gasteiger partial charge in [0.2, 0.25) is 0 Å². The van der Waals surface area contributed by atoms with Crippen molar-refractivity contribution in [3.8, 4) is 0 Å². The first-order valence-corrected chi connectivity index (χ1v) is 9.48. The fraction of sp³-hybridized carbons (Fsp3) is 0.174. The highest BCUT2D eigenvalue weighted by molar-refractivity contribution is 6.31. The van der Waals surface area contributed by atoms with Crippen LogP contribution >= 0.6 is 11.6 Å². The summed E-state index contributed by atoms with van der Waals surface area (Å²) in [5.74, 6) is -0.675. The molecule has 1 amide bonds. The van der Waals surface area contributed by atoms with Gasteiger partial charge in [0.25, 0.3) is 5.91 Å². The third-order valence-corrected chi connectivity index (χ3v) is 5.58. The van der Waals surface area contributed by atoms with Crippen molar-refractivity contribution in [1.29, 1.82) is 0 Å². The van der Waals surface area contributed by atoms with E-state index in [4.69, 9.17) is 11.6 Å². The van der Waals surface area contributed by atoms with E-state index in [0.717, 1.165) is 11.1 Å². The molecule has 1 unspecified atom stereocenters. The van der Waals surface area contributed by atoms with Gasteiger partial charge in [-0.2, -0.15) is 0 Å². The molecule has 142 valence electrons. The van der Waals surface area contributed by atoms with Crippen molar-refractivity contribution in [2.75, 3.05) is 4.90 Å². The van der Waals surface area contributed by atoms with Crippen molar-refractivity contribution in [3.63, 3.8) is 0 Å². The number of para-hydroxylation sites is 1. The summed E-state index contributed by atoms with van der Waals surface area (Å²) in [6, 6.07) is 20.7. The fourth-order valence-electron chi connectivity index (χ4n) is 3.68. The molecular weight excluding hydrogens is 377 g/mol. The fourth-order valence-corrected chi connectivity index (χ4v) is 3.87. The third kappa shape index (κ3) is 3.30. The third-order valence-electron chi connectivity index (χ3n) is 5.21. The summed E-state index contributed by atoms with van der Waals surface area (Å²) in [6.45, 7) is 0.286. The van der Waals surface area contributed by atoms with Crippen molar-refractivity contribution in [1.82, 2.24) is 0 Å². The van der Waals surface area contributed by atoms with Gasteiger partial charge < -0.3 is 10.0 Å². The van der Waals surface area contributed by atoms with Gasteiger partial charge in [0.05, 0.1) is 12.2 Å². The van der Waals surface area contributed by atoms with Crippen LogP contribution in [0.3, 0.4) is 0 Å². The van der Waals surface area contributed by atoms with Gasteiger partial charge in [0.1, 0.15) is 5.82 Å². The van der Waals surface area contributed by atoms with E-state index < -0.39 is 5.60 Å². The Bertz CT molecular complexity index is 1020. The molecule has 0 spiro atoms. The van der Waals surface area contributed by atoms with Crippen LogP contribution in [0.4, 0.5) is 10.1 Å². The van der Waals surface area contributed by atoms with Crippen molar-refractivity contribution in [2.24, 2.45) is 0 Å². The minimum atomic E-state index is -1.62. The van der Waals surface area contributed by atoms with Gasteiger partial charge in [-0.25, -0.2) is 4.39 Å². The molecule has 1 N–H and O–H groups in total. The van der Waals surface area contributed by atoms with Gasteiger partial charge in [0, 0.05) is 10.6 Å². The van der Waals surface area contributed by atoms with Crippen LogP contribution in [-0.2, 0) is 23.4 Å². The predicted molar refractivity (Wildman–Crippen MR) is 108 cm³/mol. The number of amides is 1. The van der Waals surface area contributed by atoms with E-state index in [0.29, 0.717) is 22.7 Å². The first-order valence-electron chi connectivity index (χ1n) is 9.11. The standard InChI is InChI=1S/C23H19ClFNO2/c24-20-7-3-1-5-17(20)15-26-21-8-4-2-6-19(21)23(28,22(26)27)14-13-16-9-11-18(25)12-10-16/h1-12,28H,13-15H2. The molecule has 0 fully saturated rings. The Kier molecular flexibility index (Phi) is 4.92. The predicted octanol–water partition coefficient (Wildman–Crippen LogP) is 4.85. The van der Waals surface area contributed by atoms with Crippen LogP contribution in [0.1, 0.15) is 23.1 Å². The first kappa shape index (κ1) is 18.7. The Labute approximate surface area is 168 Å². The van der Waals surface area contributed by atoms with Crippen LogP contribution in [0.5, 0.6) is 0 Å². The number of nitrogens with zero attached hydrogens (tertiary/aromatic N) is 1. The molecular formula is C23H19ClFNO2. The van der Waals surface area contributed by atoms with E-state index >= 15 is 0 Å². The molecule has 1 atom stereocenters. The Morgan fingerprint density at radius 2 is 1.64 bits per heavy atom. The zero-order valence-electron chi connectivity index (χ0n) is 15.1. The second-order valence-corrected chi connectivity index (χ2v) is 7.39. The molecule has 3 nitrogen and oxygen atoms in total. The number of hydrogen-bond donors (Lipinski definition) is 1. The number of carbonyl (C=O) groups excluding carboxylic acids is 1. The summed E-state index contributed by atoms with van der Waals surface area (Å²) >= 11 is 6.27. The van der Waals surface area contributed by atoms with Gasteiger partial charge in [0.15, 0.2) is 5.60 Å². The Morgan fingerprint density at radius 1 is 0.964 bits per heavy atom. The van der Waals surface area contributed by atoms with Crippen molar-refractivity contribution >= 4 is 23.2 Å². The summed E-state index contributed by atoms with van der Waals surface area (Å²) in [5, 5.41) is 11.9. The molecule has 0 aromatic heterocycles. The van der Waals surface area contributed by atoms with Gasteiger partial charge >= 0.3 is 0 Å². The lowest BCUT2D eigenvalue weighted by atomic mass is 9.89. The van der Waals surface area contributed by atoms with Crippen LogP contribution in [0.2, 0.25) is 5.02 Å². The molecule has 0 radical (unpaired) electrons. The molecule has 1 aliphatic rings. The van der Waals surface area contributed by atoms with Gasteiger partial charge in [-0.05, 0) is 48.2 Å². The number of rotatable bonds is 5. The van der Waals surface area contributed by atoms with E-state index in [1.807, 2.05) is 36.4 Å². The molecule has 3 aromatic carbocycles. The van der Waals surface area contributed by atoms with Crippen molar-refractivity contribution in [2.45, 2.75) is 25.0 Å². The number of halogens is 2. The average Bonchev–Trinajstić information content (AvgIpc) is 2.92. The number of fused-ring (bicyclic) bond motifs is 1. The van der Waals surface area contributed by atoms with Gasteiger partial charge in [-0.1, -0.05) is 60.1 Å². The summed E-state index contributed by atoms with van der Waals surface area (Å²) in [4.78, 5) is 14.8. The van der Waals surface area contributed by atoms with Crippen molar-refractivity contribution in [3.05, 3.63) is 100 Å². The highest BCUT2D eigenvalue weighted by atomic mass is 35.5. The van der Waals surface area contributed by atoms with Crippen LogP contribution < -0.4 is 4.90 Å². The Morgan fingerprint density at radius 3 is 2.39 bits per heavy atom. The maximum atomic E-state index is 13.2. The van der Waals surface area contributed by atoms with Crippen LogP contribution in [0.15, 0.2) is 72.8 Å². The topological polar surface area (TPSA) is 40.5 Å². The summed E-state index contributed by atoms with van der Waals surface area (Å²) in [7, 11) is 0. The summed E-state index contributed by atoms with van der Waals surface area (Å²) in [6.07, 6.45) is 0.671. The smallest absolute Gasteiger partial charge is 0.264 e. The van der Waals surface area contributed by atoms with E-state index in [2.05, 4.69) is 0 Å². The number of hydrogen-bond acceptors (Lipinski definition) is 2. The molecule has 3 aromatic rings. The molecule has 0 saturated carbocycles. The molecule has 0 aliphatic carbocycles. The maximum absolute atomic E-state index is 13.2. The lowest BCUT2D eigenvalue weighted by molar-refractivity contribution is -0.136. The summed E-state index contributed by atoms with van der Waals surface area (Å²) in [5.41, 5.74) is 1.34. The minimum Gasteiger partial charge on any atom is -0.375 e. The quantitative estimate of drug-likeness (QED) is 0.671. The van der Waals surface area contributed by atoms with Crippen LogP contribution in [0.25, 0.3) is 0 Å². The number of aliphatic hydroxyl groups is 1. The summed E-state index contributed by atoms with van der Waals surface area (Å²) < 4.78 is 13.1. The lowest BCUT2D eigenvalue weighted by Crippen LogP contribution is -2.40. The second-order valence-electron chi connectivity index (χ2n) is 6.99. The first-order chi connectivity index (χ1) is 13.5. The maximum Gasteiger partial charge on any atom is 0.264 e. The van der Waals surface area contributed by atoms with E-state index in [-0.39, 0.29) is 24.7 Å². The lowest BCUT2D eigenvalue weighted by Gasteiger charge is -2.23. The molecule has 5 heteroatoms. The SMILES string of the molecule is O=C1N(Cc2ccccc2Cl)c2ccccc2C1(O)CCc1ccc(F)cc1. The van der Waals surface area contributed by atoms with Gasteiger partial charge in [-0.15, -0.1) is 0 Å². The zero-order chi connectivity index (χ0) is 19.7. The molecule has 1 heterocycles. The largest absolute Gasteiger partial charge is 0.375 e. The molecule has 0 bridgehead atoms. The molecule has 4 rings (SSSR count). The Balaban J connectivity index is 1.64. The van der Waals surface area contributed by atoms with Gasteiger partial charge in [-0.3, -0.25) is 4.79 Å². The number of anilines is 1. The molecule has 0 saturated heterocycles. The zero-order valence-corrected chi connectivity index (χ0v) is 15.9. The van der Waals surface area contributed by atoms with Crippen LogP contribution in [0, 0.1) is 5.82 Å².